The lowest BCUT2D eigenvalue weighted by Gasteiger charge is -2.15. The van der Waals surface area contributed by atoms with Crippen LogP contribution in [0.15, 0.2) is 30.3 Å². The second-order valence-corrected chi connectivity index (χ2v) is 4.00. The van der Waals surface area contributed by atoms with Crippen molar-refractivity contribution >= 4 is 5.91 Å². The number of carbonyl (C=O) groups is 1. The predicted octanol–water partition coefficient (Wildman–Crippen LogP) is 0.788. The lowest BCUT2D eigenvalue weighted by Crippen LogP contribution is -2.35. The van der Waals surface area contributed by atoms with Crippen molar-refractivity contribution in [3.63, 3.8) is 0 Å². The number of rotatable bonds is 6. The van der Waals surface area contributed by atoms with Crippen LogP contribution >= 0.6 is 0 Å². The summed E-state index contributed by atoms with van der Waals surface area (Å²) in [6.07, 6.45) is -1.08. The van der Waals surface area contributed by atoms with E-state index in [4.69, 9.17) is 0 Å². The topological polar surface area (TPSA) is 52.6 Å². The molecule has 0 saturated heterocycles. The second-order valence-electron chi connectivity index (χ2n) is 4.00. The van der Waals surface area contributed by atoms with Gasteiger partial charge in [0.05, 0.1) is 0 Å². The van der Waals surface area contributed by atoms with Crippen molar-refractivity contribution in [2.75, 3.05) is 26.7 Å². The maximum absolute atomic E-state index is 11.6. The maximum atomic E-state index is 11.6. The van der Waals surface area contributed by atoms with Gasteiger partial charge in [0.15, 0.2) is 6.10 Å². The Morgan fingerprint density at radius 1 is 1.41 bits per heavy atom. The molecule has 0 heterocycles. The van der Waals surface area contributed by atoms with Gasteiger partial charge in [-0.1, -0.05) is 37.3 Å². The molecule has 4 heteroatoms. The van der Waals surface area contributed by atoms with E-state index in [-0.39, 0.29) is 5.91 Å². The highest BCUT2D eigenvalue weighted by Gasteiger charge is 2.15. The Morgan fingerprint density at radius 2 is 2.06 bits per heavy atom. The van der Waals surface area contributed by atoms with Crippen molar-refractivity contribution in [3.05, 3.63) is 35.9 Å². The predicted molar refractivity (Wildman–Crippen MR) is 67.6 cm³/mol. The van der Waals surface area contributed by atoms with E-state index >= 15 is 0 Å². The van der Waals surface area contributed by atoms with Crippen LogP contribution in [-0.4, -0.2) is 42.6 Å². The van der Waals surface area contributed by atoms with Gasteiger partial charge in [-0.25, -0.2) is 0 Å². The average molecular weight is 236 g/mol. The molecule has 4 nitrogen and oxygen atoms in total. The number of aliphatic hydroxyl groups excluding tert-OH is 1. The Bertz CT molecular complexity index is 341. The molecule has 1 aromatic rings. The average Bonchev–Trinajstić information content (AvgIpc) is 2.38. The second kappa shape index (κ2) is 7.04. The molecule has 17 heavy (non-hydrogen) atoms. The number of amides is 1. The Labute approximate surface area is 102 Å². The Kier molecular flexibility index (Phi) is 5.66. The van der Waals surface area contributed by atoms with Crippen molar-refractivity contribution in [1.82, 2.24) is 10.2 Å². The lowest BCUT2D eigenvalue weighted by molar-refractivity contribution is -0.129. The fraction of sp³-hybridized carbons (Fsp3) is 0.462. The van der Waals surface area contributed by atoms with Crippen molar-refractivity contribution in [1.29, 1.82) is 0 Å². The van der Waals surface area contributed by atoms with E-state index in [2.05, 4.69) is 17.1 Å². The number of hydrogen-bond acceptors (Lipinski definition) is 3. The molecule has 0 spiro atoms. The van der Waals surface area contributed by atoms with Gasteiger partial charge < -0.3 is 15.3 Å². The molecule has 0 aliphatic carbocycles. The summed E-state index contributed by atoms with van der Waals surface area (Å²) in [4.78, 5) is 13.7. The largest absolute Gasteiger partial charge is 0.378 e. The summed E-state index contributed by atoms with van der Waals surface area (Å²) in [5.74, 6) is -0.347. The van der Waals surface area contributed by atoms with Crippen LogP contribution in [0.3, 0.4) is 0 Å². The molecule has 0 aromatic heterocycles. The molecule has 0 saturated carbocycles. The van der Waals surface area contributed by atoms with Gasteiger partial charge >= 0.3 is 0 Å². The highest BCUT2D eigenvalue weighted by molar-refractivity contribution is 5.81. The molecule has 1 unspecified atom stereocenters. The third-order valence-electron chi connectivity index (χ3n) is 2.70. The van der Waals surface area contributed by atoms with Crippen molar-refractivity contribution in [3.8, 4) is 0 Å². The maximum Gasteiger partial charge on any atom is 0.253 e. The molecule has 1 aromatic carbocycles. The summed E-state index contributed by atoms with van der Waals surface area (Å²) in [6, 6.07) is 8.93. The summed E-state index contributed by atoms with van der Waals surface area (Å²) in [5, 5.41) is 12.5. The van der Waals surface area contributed by atoms with Gasteiger partial charge in [-0.2, -0.15) is 0 Å². The molecule has 0 aliphatic heterocycles. The molecule has 1 rings (SSSR count). The van der Waals surface area contributed by atoms with Gasteiger partial charge in [-0.3, -0.25) is 4.79 Å². The van der Waals surface area contributed by atoms with E-state index in [1.165, 1.54) is 0 Å². The first kappa shape index (κ1) is 13.7. The first-order chi connectivity index (χ1) is 8.15. The third-order valence-corrected chi connectivity index (χ3v) is 2.70. The first-order valence-electron chi connectivity index (χ1n) is 5.84. The van der Waals surface area contributed by atoms with E-state index in [0.29, 0.717) is 12.1 Å². The van der Waals surface area contributed by atoms with Crippen LogP contribution in [0.1, 0.15) is 18.6 Å². The van der Waals surface area contributed by atoms with E-state index in [1.54, 1.807) is 24.3 Å². The zero-order valence-electron chi connectivity index (χ0n) is 10.4. The molecule has 1 amide bonds. The zero-order chi connectivity index (χ0) is 12.7. The molecule has 0 fully saturated rings. The number of carbonyl (C=O) groups excluding carboxylic acids is 1. The monoisotopic (exact) mass is 236 g/mol. The molecule has 0 radical (unpaired) electrons. The highest BCUT2D eigenvalue weighted by atomic mass is 16.3. The quantitative estimate of drug-likeness (QED) is 0.767. The van der Waals surface area contributed by atoms with Crippen LogP contribution < -0.4 is 5.32 Å². The first-order valence-corrected chi connectivity index (χ1v) is 5.84. The number of likely N-dealkylation sites (N-methyl/N-ethyl adjacent to an activating group) is 1. The lowest BCUT2D eigenvalue weighted by atomic mass is 10.1. The summed E-state index contributed by atoms with van der Waals surface area (Å²) in [5.41, 5.74) is 0.619. The van der Waals surface area contributed by atoms with Crippen LogP contribution in [0.25, 0.3) is 0 Å². The Hall–Kier alpha value is -1.39. The number of hydrogen-bond donors (Lipinski definition) is 2. The number of aliphatic hydroxyl groups is 1. The number of nitrogens with zero attached hydrogens (tertiary/aromatic N) is 1. The molecule has 2 N–H and O–H groups in total. The normalized spacial score (nSPS) is 12.5. The zero-order valence-corrected chi connectivity index (χ0v) is 10.4. The standard InChI is InChI=1S/C13H20N2O2/c1-3-15(2)10-9-14-13(17)12(16)11-7-5-4-6-8-11/h4-8,12,16H,3,9-10H2,1-2H3,(H,14,17). The minimum absolute atomic E-state index is 0.347. The van der Waals surface area contributed by atoms with Crippen molar-refractivity contribution < 1.29 is 9.90 Å². The van der Waals surface area contributed by atoms with Crippen molar-refractivity contribution in [2.24, 2.45) is 0 Å². The van der Waals surface area contributed by atoms with Crippen LogP contribution in [0.5, 0.6) is 0 Å². The third kappa shape index (κ3) is 4.54. The fourth-order valence-corrected chi connectivity index (χ4v) is 1.41. The van der Waals surface area contributed by atoms with Gasteiger partial charge in [0.2, 0.25) is 0 Å². The summed E-state index contributed by atoms with van der Waals surface area (Å²) >= 11 is 0. The van der Waals surface area contributed by atoms with Crippen LogP contribution in [-0.2, 0) is 4.79 Å². The molecule has 1 atom stereocenters. The van der Waals surface area contributed by atoms with E-state index in [1.807, 2.05) is 13.1 Å². The Morgan fingerprint density at radius 3 is 2.65 bits per heavy atom. The smallest absolute Gasteiger partial charge is 0.253 e. The summed E-state index contributed by atoms with van der Waals surface area (Å²) in [6.45, 7) is 4.33. The highest BCUT2D eigenvalue weighted by Crippen LogP contribution is 2.11. The minimum atomic E-state index is -1.08. The number of benzene rings is 1. The SMILES string of the molecule is CCN(C)CCNC(=O)C(O)c1ccccc1. The minimum Gasteiger partial charge on any atom is -0.378 e. The molecule has 0 bridgehead atoms. The number of nitrogens with one attached hydrogen (secondary N) is 1. The molecule has 94 valence electrons. The molecular weight excluding hydrogens is 216 g/mol. The van der Waals surface area contributed by atoms with E-state index < -0.39 is 6.10 Å². The van der Waals surface area contributed by atoms with E-state index in [0.717, 1.165) is 13.1 Å². The van der Waals surface area contributed by atoms with Crippen molar-refractivity contribution in [2.45, 2.75) is 13.0 Å². The van der Waals surface area contributed by atoms with Crippen LogP contribution in [0, 0.1) is 0 Å². The van der Waals surface area contributed by atoms with Crippen LogP contribution in [0.4, 0.5) is 0 Å². The molecule has 0 aliphatic rings. The van der Waals surface area contributed by atoms with Gasteiger partial charge in [0, 0.05) is 13.1 Å². The molecular formula is C13H20N2O2. The van der Waals surface area contributed by atoms with Crippen LogP contribution in [0.2, 0.25) is 0 Å². The Balaban J connectivity index is 2.38. The van der Waals surface area contributed by atoms with Gasteiger partial charge in [-0.05, 0) is 19.2 Å². The van der Waals surface area contributed by atoms with Gasteiger partial charge in [0.25, 0.3) is 5.91 Å². The summed E-state index contributed by atoms with van der Waals surface area (Å²) < 4.78 is 0. The van der Waals surface area contributed by atoms with Gasteiger partial charge in [0.1, 0.15) is 0 Å². The fourth-order valence-electron chi connectivity index (χ4n) is 1.41. The van der Waals surface area contributed by atoms with Gasteiger partial charge in [-0.15, -0.1) is 0 Å². The van der Waals surface area contributed by atoms with E-state index in [9.17, 15) is 9.90 Å². The summed E-state index contributed by atoms with van der Waals surface area (Å²) in [7, 11) is 1.99.